The van der Waals surface area contributed by atoms with Crippen molar-refractivity contribution in [1.82, 2.24) is 8.54 Å². The van der Waals surface area contributed by atoms with E-state index >= 15 is 0 Å². The van der Waals surface area contributed by atoms with Crippen LogP contribution in [0.15, 0.2) is 88.6 Å². The minimum atomic E-state index is -4.16. The molecule has 4 rings (SSSR count). The molecule has 1 heterocycles. The summed E-state index contributed by atoms with van der Waals surface area (Å²) in [7, 11) is -4.16. The van der Waals surface area contributed by atoms with Gasteiger partial charge in [0.1, 0.15) is 5.82 Å². The zero-order valence-electron chi connectivity index (χ0n) is 15.0. The second kappa shape index (κ2) is 7.14. The van der Waals surface area contributed by atoms with E-state index in [9.17, 15) is 22.4 Å². The number of fused-ring (bicyclic) bond motifs is 1. The summed E-state index contributed by atoms with van der Waals surface area (Å²) < 4.78 is 41.1. The number of rotatable bonds is 5. The van der Waals surface area contributed by atoms with E-state index in [-0.39, 0.29) is 22.5 Å². The van der Waals surface area contributed by atoms with Crippen LogP contribution in [0.4, 0.5) is 4.39 Å². The van der Waals surface area contributed by atoms with Crippen molar-refractivity contribution in [1.29, 1.82) is 0 Å². The molecule has 1 aromatic heterocycles. The Morgan fingerprint density at radius 1 is 0.828 bits per heavy atom. The summed E-state index contributed by atoms with van der Waals surface area (Å²) in [5.74, 6) is -0.920. The molecular formula is C21H15FN2O4S. The summed E-state index contributed by atoms with van der Waals surface area (Å²) in [4.78, 5) is 25.6. The van der Waals surface area contributed by atoms with Crippen LogP contribution in [0.1, 0.15) is 10.4 Å². The average molecular weight is 410 g/mol. The SMILES string of the molecule is O=C(Cn1c(=O)n(S(=O)(=O)c2ccccc2)c2ccccc21)c1ccc(F)cc1. The van der Waals surface area contributed by atoms with Crippen LogP contribution in [0.5, 0.6) is 0 Å². The van der Waals surface area contributed by atoms with Gasteiger partial charge in [-0.1, -0.05) is 30.3 Å². The van der Waals surface area contributed by atoms with E-state index in [2.05, 4.69) is 0 Å². The fourth-order valence-corrected chi connectivity index (χ4v) is 4.56. The van der Waals surface area contributed by atoms with Gasteiger partial charge in [-0.2, -0.15) is 3.97 Å². The molecule has 0 saturated heterocycles. The Morgan fingerprint density at radius 3 is 2.07 bits per heavy atom. The van der Waals surface area contributed by atoms with Crippen LogP contribution in [0.2, 0.25) is 0 Å². The Labute approximate surface area is 165 Å². The molecule has 4 aromatic rings. The number of benzene rings is 3. The van der Waals surface area contributed by atoms with Crippen LogP contribution < -0.4 is 5.69 Å². The molecule has 8 heteroatoms. The second-order valence-corrected chi connectivity index (χ2v) is 8.16. The van der Waals surface area contributed by atoms with Gasteiger partial charge in [0.2, 0.25) is 0 Å². The Bertz CT molecular complexity index is 1370. The smallest absolute Gasteiger partial charge is 0.292 e. The molecule has 0 fully saturated rings. The number of carbonyl (C=O) groups excluding carboxylic acids is 1. The Kier molecular flexibility index (Phi) is 4.63. The highest BCUT2D eigenvalue weighted by Crippen LogP contribution is 2.20. The number of carbonyl (C=O) groups is 1. The predicted molar refractivity (Wildman–Crippen MR) is 106 cm³/mol. The molecule has 3 aromatic carbocycles. The molecule has 146 valence electrons. The Balaban J connectivity index is 1.87. The zero-order valence-corrected chi connectivity index (χ0v) is 15.8. The highest BCUT2D eigenvalue weighted by atomic mass is 32.2. The molecule has 0 unspecified atom stereocenters. The lowest BCUT2D eigenvalue weighted by Crippen LogP contribution is -2.31. The topological polar surface area (TPSA) is 78.1 Å². The van der Waals surface area contributed by atoms with E-state index in [4.69, 9.17) is 0 Å². The normalized spacial score (nSPS) is 11.6. The number of hydrogen-bond donors (Lipinski definition) is 0. The molecule has 6 nitrogen and oxygen atoms in total. The van der Waals surface area contributed by atoms with Gasteiger partial charge in [0.05, 0.1) is 22.5 Å². The maximum Gasteiger partial charge on any atom is 0.343 e. The molecule has 0 atom stereocenters. The monoisotopic (exact) mass is 410 g/mol. The van der Waals surface area contributed by atoms with Crippen molar-refractivity contribution in [3.8, 4) is 0 Å². The van der Waals surface area contributed by atoms with E-state index < -0.39 is 27.3 Å². The summed E-state index contributed by atoms with van der Waals surface area (Å²) in [5, 5.41) is 0. The molecule has 0 saturated carbocycles. The highest BCUT2D eigenvalue weighted by Gasteiger charge is 2.25. The third kappa shape index (κ3) is 3.27. The van der Waals surface area contributed by atoms with Crippen LogP contribution in [0, 0.1) is 5.82 Å². The summed E-state index contributed by atoms with van der Waals surface area (Å²) in [6.45, 7) is -0.373. The lowest BCUT2D eigenvalue weighted by Gasteiger charge is -2.05. The van der Waals surface area contributed by atoms with Crippen LogP contribution in [0.3, 0.4) is 0 Å². The molecule has 0 N–H and O–H groups in total. The number of para-hydroxylation sites is 2. The first kappa shape index (κ1) is 18.8. The maximum atomic E-state index is 13.1. The molecule has 0 aliphatic heterocycles. The standard InChI is InChI=1S/C21H15FN2O4S/c22-16-12-10-15(11-13-16)20(25)14-23-18-8-4-5-9-19(18)24(21(23)26)29(27,28)17-6-2-1-3-7-17/h1-13H,14H2. The number of nitrogens with zero attached hydrogens (tertiary/aromatic N) is 2. The number of hydrogen-bond acceptors (Lipinski definition) is 4. The second-order valence-electron chi connectivity index (χ2n) is 6.37. The van der Waals surface area contributed by atoms with Crippen LogP contribution in [-0.4, -0.2) is 22.7 Å². The van der Waals surface area contributed by atoms with E-state index in [1.807, 2.05) is 0 Å². The summed E-state index contributed by atoms with van der Waals surface area (Å²) >= 11 is 0. The van der Waals surface area contributed by atoms with Crippen molar-refractivity contribution in [3.05, 3.63) is 101 Å². The molecule has 0 bridgehead atoms. The fraction of sp³-hybridized carbons (Fsp3) is 0.0476. The molecule has 0 aliphatic carbocycles. The van der Waals surface area contributed by atoms with Gasteiger partial charge in [0, 0.05) is 5.56 Å². The van der Waals surface area contributed by atoms with Crippen molar-refractivity contribution >= 4 is 26.8 Å². The third-order valence-electron chi connectivity index (χ3n) is 4.55. The van der Waals surface area contributed by atoms with Gasteiger partial charge in [-0.15, -0.1) is 0 Å². The third-order valence-corrected chi connectivity index (χ3v) is 6.25. The van der Waals surface area contributed by atoms with E-state index in [1.54, 1.807) is 36.4 Å². The molecule has 0 spiro atoms. The van der Waals surface area contributed by atoms with Crippen LogP contribution in [-0.2, 0) is 16.6 Å². The van der Waals surface area contributed by atoms with Gasteiger partial charge in [-0.25, -0.2) is 17.6 Å². The van der Waals surface area contributed by atoms with E-state index in [1.165, 1.54) is 30.3 Å². The van der Waals surface area contributed by atoms with Crippen LogP contribution in [0.25, 0.3) is 11.0 Å². The first-order valence-electron chi connectivity index (χ1n) is 8.69. The van der Waals surface area contributed by atoms with Gasteiger partial charge < -0.3 is 0 Å². The minimum absolute atomic E-state index is 0.0325. The number of halogens is 1. The molecular weight excluding hydrogens is 395 g/mol. The molecule has 0 radical (unpaired) electrons. The first-order chi connectivity index (χ1) is 13.9. The average Bonchev–Trinajstić information content (AvgIpc) is 3.01. The van der Waals surface area contributed by atoms with Crippen molar-refractivity contribution in [2.75, 3.05) is 0 Å². The van der Waals surface area contributed by atoms with Crippen molar-refractivity contribution in [2.24, 2.45) is 0 Å². The van der Waals surface area contributed by atoms with Crippen molar-refractivity contribution < 1.29 is 17.6 Å². The summed E-state index contributed by atoms with van der Waals surface area (Å²) in [6.07, 6.45) is 0. The largest absolute Gasteiger partial charge is 0.343 e. The van der Waals surface area contributed by atoms with Gasteiger partial charge in [-0.3, -0.25) is 9.36 Å². The molecule has 0 aliphatic rings. The first-order valence-corrected chi connectivity index (χ1v) is 10.1. The summed E-state index contributed by atoms with van der Waals surface area (Å²) in [6, 6.07) is 18.9. The molecule has 29 heavy (non-hydrogen) atoms. The van der Waals surface area contributed by atoms with Crippen molar-refractivity contribution in [2.45, 2.75) is 11.4 Å². The predicted octanol–water partition coefficient (Wildman–Crippen LogP) is 3.06. The zero-order chi connectivity index (χ0) is 20.6. The number of imidazole rings is 1. The Morgan fingerprint density at radius 2 is 1.41 bits per heavy atom. The fourth-order valence-electron chi connectivity index (χ4n) is 3.13. The van der Waals surface area contributed by atoms with Crippen molar-refractivity contribution in [3.63, 3.8) is 0 Å². The van der Waals surface area contributed by atoms with Gasteiger partial charge >= 0.3 is 5.69 Å². The number of Topliss-reactive ketones (excluding diaryl/α,β-unsaturated/α-hetero) is 1. The van der Waals surface area contributed by atoms with Gasteiger partial charge in [0.25, 0.3) is 10.0 Å². The number of aromatic nitrogens is 2. The van der Waals surface area contributed by atoms with E-state index in [0.29, 0.717) is 9.49 Å². The Hall–Kier alpha value is -3.52. The number of ketones is 1. The van der Waals surface area contributed by atoms with Gasteiger partial charge in [0.15, 0.2) is 5.78 Å². The van der Waals surface area contributed by atoms with E-state index in [0.717, 1.165) is 16.7 Å². The quantitative estimate of drug-likeness (QED) is 0.474. The van der Waals surface area contributed by atoms with Crippen LogP contribution >= 0.6 is 0 Å². The lowest BCUT2D eigenvalue weighted by molar-refractivity contribution is 0.0972. The summed E-state index contributed by atoms with van der Waals surface area (Å²) in [5.41, 5.74) is -0.132. The van der Waals surface area contributed by atoms with Gasteiger partial charge in [-0.05, 0) is 48.5 Å². The molecule has 0 amide bonds. The lowest BCUT2D eigenvalue weighted by atomic mass is 10.1. The maximum absolute atomic E-state index is 13.1. The minimum Gasteiger partial charge on any atom is -0.292 e. The highest BCUT2D eigenvalue weighted by molar-refractivity contribution is 7.90.